The molecule has 0 N–H and O–H groups in total. The summed E-state index contributed by atoms with van der Waals surface area (Å²) in [6, 6.07) is 7.52. The van der Waals surface area contributed by atoms with Crippen LogP contribution in [0, 0.1) is 13.8 Å². The van der Waals surface area contributed by atoms with Crippen LogP contribution in [0.2, 0.25) is 0 Å². The Kier molecular flexibility index (Phi) is 4.31. The fourth-order valence-corrected chi connectivity index (χ4v) is 3.64. The van der Waals surface area contributed by atoms with E-state index in [1.165, 1.54) is 4.31 Å². The fraction of sp³-hybridized carbons (Fsp3) is 0.308. The lowest BCUT2D eigenvalue weighted by molar-refractivity contribution is 0.389. The second-order valence-electron chi connectivity index (χ2n) is 4.54. The van der Waals surface area contributed by atoms with Crippen molar-refractivity contribution in [3.8, 4) is 0 Å². The first kappa shape index (κ1) is 15.2. The number of sulfonamides is 1. The summed E-state index contributed by atoms with van der Waals surface area (Å²) in [5.41, 5.74) is 1.29. The topological polar surface area (TPSA) is 63.4 Å². The van der Waals surface area contributed by atoms with Crippen molar-refractivity contribution in [1.82, 2.24) is 9.46 Å². The fourth-order valence-electron chi connectivity index (χ4n) is 1.93. The van der Waals surface area contributed by atoms with Crippen LogP contribution < -0.4 is 0 Å². The normalized spacial score (nSPS) is 12.1. The third kappa shape index (κ3) is 2.94. The molecule has 2 aromatic rings. The van der Waals surface area contributed by atoms with Crippen molar-refractivity contribution in [2.24, 2.45) is 0 Å². The van der Waals surface area contributed by atoms with Gasteiger partial charge in [-0.1, -0.05) is 33.2 Å². The van der Waals surface area contributed by atoms with Gasteiger partial charge in [0.2, 0.25) is 10.0 Å². The average molecular weight is 359 g/mol. The van der Waals surface area contributed by atoms with E-state index in [9.17, 15) is 8.42 Å². The first-order chi connectivity index (χ1) is 9.32. The summed E-state index contributed by atoms with van der Waals surface area (Å²) in [6.07, 6.45) is 0. The number of aromatic nitrogens is 1. The summed E-state index contributed by atoms with van der Waals surface area (Å²) < 4.78 is 32.2. The summed E-state index contributed by atoms with van der Waals surface area (Å²) in [6.45, 7) is 3.51. The summed E-state index contributed by atoms with van der Waals surface area (Å²) >= 11 is 3.35. The van der Waals surface area contributed by atoms with Gasteiger partial charge in [0.25, 0.3) is 0 Å². The Morgan fingerprint density at radius 2 is 1.85 bits per heavy atom. The van der Waals surface area contributed by atoms with Gasteiger partial charge in [-0.25, -0.2) is 8.42 Å². The highest BCUT2D eigenvalue weighted by Crippen LogP contribution is 2.23. The molecule has 0 atom stereocenters. The molecule has 0 aliphatic heterocycles. The minimum absolute atomic E-state index is 0.150. The van der Waals surface area contributed by atoms with Crippen molar-refractivity contribution in [2.45, 2.75) is 25.3 Å². The van der Waals surface area contributed by atoms with Gasteiger partial charge in [0.1, 0.15) is 10.6 Å². The van der Waals surface area contributed by atoms with Crippen LogP contribution in [0.5, 0.6) is 0 Å². The van der Waals surface area contributed by atoms with Crippen LogP contribution in [-0.2, 0) is 16.6 Å². The van der Waals surface area contributed by atoms with Crippen LogP contribution in [0.15, 0.2) is 38.2 Å². The van der Waals surface area contributed by atoms with Gasteiger partial charge in [0.15, 0.2) is 5.76 Å². The zero-order valence-corrected chi connectivity index (χ0v) is 13.8. The van der Waals surface area contributed by atoms with E-state index < -0.39 is 10.0 Å². The summed E-state index contributed by atoms with van der Waals surface area (Å²) in [5.74, 6) is 0.310. The molecule has 0 spiro atoms. The Morgan fingerprint density at radius 1 is 1.25 bits per heavy atom. The molecule has 0 aliphatic carbocycles. The van der Waals surface area contributed by atoms with E-state index in [4.69, 9.17) is 4.52 Å². The molecule has 1 aromatic heterocycles. The van der Waals surface area contributed by atoms with E-state index in [2.05, 4.69) is 21.1 Å². The Labute approximate surface area is 126 Å². The van der Waals surface area contributed by atoms with Crippen LogP contribution in [0.4, 0.5) is 0 Å². The highest BCUT2D eigenvalue weighted by atomic mass is 79.9. The third-order valence-electron chi connectivity index (χ3n) is 2.95. The first-order valence-corrected chi connectivity index (χ1v) is 8.19. The molecule has 0 amide bonds. The largest absolute Gasteiger partial charge is 0.360 e. The number of halogens is 1. The Hall–Kier alpha value is -1.18. The van der Waals surface area contributed by atoms with Gasteiger partial charge in [-0.15, -0.1) is 0 Å². The minimum atomic E-state index is -3.60. The summed E-state index contributed by atoms with van der Waals surface area (Å²) in [5, 5.41) is 3.70. The number of benzene rings is 1. The van der Waals surface area contributed by atoms with Crippen molar-refractivity contribution in [2.75, 3.05) is 7.05 Å². The van der Waals surface area contributed by atoms with Crippen molar-refractivity contribution in [1.29, 1.82) is 0 Å². The van der Waals surface area contributed by atoms with Gasteiger partial charge in [-0.3, -0.25) is 0 Å². The molecule has 2 rings (SSSR count). The standard InChI is InChI=1S/C13H15BrN2O3S/c1-9-13(10(2)19-15-9)20(17,18)16(3)8-11-4-6-12(14)7-5-11/h4-7H,8H2,1-3H3. The van der Waals surface area contributed by atoms with Crippen molar-refractivity contribution in [3.63, 3.8) is 0 Å². The number of hydrogen-bond acceptors (Lipinski definition) is 4. The molecule has 0 aliphatic rings. The van der Waals surface area contributed by atoms with E-state index in [0.29, 0.717) is 18.0 Å². The van der Waals surface area contributed by atoms with E-state index in [0.717, 1.165) is 10.0 Å². The second-order valence-corrected chi connectivity index (χ2v) is 7.44. The number of hydrogen-bond donors (Lipinski definition) is 0. The van der Waals surface area contributed by atoms with Gasteiger partial charge in [0, 0.05) is 18.1 Å². The molecule has 0 fully saturated rings. The van der Waals surface area contributed by atoms with Crippen LogP contribution in [0.1, 0.15) is 17.0 Å². The molecule has 0 saturated carbocycles. The highest BCUT2D eigenvalue weighted by Gasteiger charge is 2.28. The monoisotopic (exact) mass is 358 g/mol. The lowest BCUT2D eigenvalue weighted by atomic mass is 10.2. The smallest absolute Gasteiger partial charge is 0.248 e. The molecule has 1 aromatic carbocycles. The number of nitrogens with zero attached hydrogens (tertiary/aromatic N) is 2. The third-order valence-corrected chi connectivity index (χ3v) is 5.53. The molecule has 0 radical (unpaired) electrons. The van der Waals surface area contributed by atoms with Crippen molar-refractivity contribution >= 4 is 26.0 Å². The number of aryl methyl sites for hydroxylation is 2. The number of rotatable bonds is 4. The van der Waals surface area contributed by atoms with Crippen LogP contribution >= 0.6 is 15.9 Å². The second kappa shape index (κ2) is 5.67. The zero-order chi connectivity index (χ0) is 14.9. The quantitative estimate of drug-likeness (QED) is 0.842. The van der Waals surface area contributed by atoms with Gasteiger partial charge < -0.3 is 4.52 Å². The minimum Gasteiger partial charge on any atom is -0.360 e. The summed E-state index contributed by atoms with van der Waals surface area (Å²) in [7, 11) is -2.06. The molecule has 108 valence electrons. The Bertz CT molecular complexity index is 688. The van der Waals surface area contributed by atoms with Crippen LogP contribution in [-0.4, -0.2) is 24.9 Å². The molecule has 7 heteroatoms. The molecule has 0 unspecified atom stereocenters. The molecule has 0 saturated heterocycles. The summed E-state index contributed by atoms with van der Waals surface area (Å²) in [4.78, 5) is 0.150. The maximum absolute atomic E-state index is 12.5. The average Bonchev–Trinajstić information content (AvgIpc) is 2.72. The van der Waals surface area contributed by atoms with Crippen molar-refractivity contribution < 1.29 is 12.9 Å². The molecular weight excluding hydrogens is 344 g/mol. The Morgan fingerprint density at radius 3 is 2.35 bits per heavy atom. The van der Waals surface area contributed by atoms with Gasteiger partial charge >= 0.3 is 0 Å². The lowest BCUT2D eigenvalue weighted by Gasteiger charge is -2.17. The van der Waals surface area contributed by atoms with E-state index in [1.807, 2.05) is 24.3 Å². The van der Waals surface area contributed by atoms with Crippen LogP contribution in [0.25, 0.3) is 0 Å². The molecule has 0 bridgehead atoms. The van der Waals surface area contributed by atoms with E-state index in [1.54, 1.807) is 20.9 Å². The lowest BCUT2D eigenvalue weighted by Crippen LogP contribution is -2.27. The van der Waals surface area contributed by atoms with Gasteiger partial charge in [-0.05, 0) is 31.5 Å². The predicted molar refractivity (Wildman–Crippen MR) is 78.8 cm³/mol. The Balaban J connectivity index is 2.28. The highest BCUT2D eigenvalue weighted by molar-refractivity contribution is 9.10. The van der Waals surface area contributed by atoms with E-state index in [-0.39, 0.29) is 4.90 Å². The maximum Gasteiger partial charge on any atom is 0.248 e. The molecule has 5 nitrogen and oxygen atoms in total. The predicted octanol–water partition coefficient (Wildman–Crippen LogP) is 2.87. The molecular formula is C13H15BrN2O3S. The zero-order valence-electron chi connectivity index (χ0n) is 11.4. The van der Waals surface area contributed by atoms with Gasteiger partial charge in [-0.2, -0.15) is 4.31 Å². The van der Waals surface area contributed by atoms with Gasteiger partial charge in [0.05, 0.1) is 0 Å². The molecule has 1 heterocycles. The maximum atomic E-state index is 12.5. The van der Waals surface area contributed by atoms with Crippen molar-refractivity contribution in [3.05, 3.63) is 45.8 Å². The SMILES string of the molecule is Cc1noc(C)c1S(=O)(=O)N(C)Cc1ccc(Br)cc1. The first-order valence-electron chi connectivity index (χ1n) is 5.96. The molecule has 20 heavy (non-hydrogen) atoms. The van der Waals surface area contributed by atoms with E-state index >= 15 is 0 Å². The van der Waals surface area contributed by atoms with Crippen LogP contribution in [0.3, 0.4) is 0 Å².